The van der Waals surface area contributed by atoms with Crippen LogP contribution in [0.4, 0.5) is 36.8 Å². The molecule has 2 rings (SSSR count). The Hall–Kier alpha value is -2.92. The molecule has 0 aliphatic carbocycles. The van der Waals surface area contributed by atoms with Crippen molar-refractivity contribution < 1.29 is 40.6 Å². The van der Waals surface area contributed by atoms with Crippen LogP contribution < -0.4 is 14.8 Å². The quantitative estimate of drug-likeness (QED) is 0.760. The van der Waals surface area contributed by atoms with Gasteiger partial charge in [-0.2, -0.15) is 22.7 Å². The Morgan fingerprint density at radius 2 is 1.85 bits per heavy atom. The Bertz CT molecular complexity index is 781. The number of para-hydroxylation sites is 2. The molecule has 0 aliphatic heterocycles. The highest BCUT2D eigenvalue weighted by atomic mass is 19.3. The van der Waals surface area contributed by atoms with Gasteiger partial charge in [0.1, 0.15) is 5.75 Å². The van der Waals surface area contributed by atoms with Crippen LogP contribution >= 0.6 is 0 Å². The van der Waals surface area contributed by atoms with Crippen molar-refractivity contribution in [1.29, 1.82) is 0 Å². The fraction of sp³-hybridized carbons (Fsp3) is 0.286. The van der Waals surface area contributed by atoms with E-state index in [0.29, 0.717) is 0 Å². The molecular formula is C14H11F6N3O3. The second-order valence-electron chi connectivity index (χ2n) is 4.83. The molecule has 26 heavy (non-hydrogen) atoms. The Morgan fingerprint density at radius 1 is 1.19 bits per heavy atom. The highest BCUT2D eigenvalue weighted by Gasteiger charge is 2.44. The molecule has 1 heterocycles. The van der Waals surface area contributed by atoms with Gasteiger partial charge in [0.2, 0.25) is 0 Å². The average Bonchev–Trinajstić information content (AvgIpc) is 2.89. The van der Waals surface area contributed by atoms with E-state index in [1.807, 2.05) is 5.32 Å². The molecule has 0 aliphatic rings. The van der Waals surface area contributed by atoms with Crippen molar-refractivity contribution in [3.63, 3.8) is 0 Å². The molecule has 1 aromatic carbocycles. The molecule has 0 unspecified atom stereocenters. The van der Waals surface area contributed by atoms with E-state index in [1.54, 1.807) is 0 Å². The summed E-state index contributed by atoms with van der Waals surface area (Å²) in [6.45, 7) is 0. The first kappa shape index (κ1) is 19.4. The van der Waals surface area contributed by atoms with Crippen molar-refractivity contribution in [1.82, 2.24) is 9.78 Å². The normalized spacial score (nSPS) is 11.7. The number of benzene rings is 1. The largest absolute Gasteiger partial charge is 0.461 e. The molecule has 0 spiro atoms. The summed E-state index contributed by atoms with van der Waals surface area (Å²) in [7, 11) is 1.31. The molecule has 0 radical (unpaired) electrons. The lowest BCUT2D eigenvalue weighted by atomic mass is 10.3. The number of ether oxygens (including phenoxy) is 2. The minimum atomic E-state index is -4.80. The van der Waals surface area contributed by atoms with E-state index in [4.69, 9.17) is 0 Å². The van der Waals surface area contributed by atoms with Crippen molar-refractivity contribution in [2.75, 3.05) is 5.32 Å². The highest BCUT2D eigenvalue weighted by molar-refractivity contribution is 5.88. The maximum atomic E-state index is 13.0. The van der Waals surface area contributed by atoms with Gasteiger partial charge in [-0.1, -0.05) is 12.1 Å². The number of alkyl halides is 6. The van der Waals surface area contributed by atoms with E-state index in [0.717, 1.165) is 23.0 Å². The summed E-state index contributed by atoms with van der Waals surface area (Å²) in [5.74, 6) is -1.33. The van der Waals surface area contributed by atoms with E-state index in [1.165, 1.54) is 19.2 Å². The molecule has 0 saturated heterocycles. The van der Waals surface area contributed by atoms with Crippen LogP contribution in [0.25, 0.3) is 0 Å². The van der Waals surface area contributed by atoms with Gasteiger partial charge in [-0.05, 0) is 12.1 Å². The Kier molecular flexibility index (Phi) is 5.63. The van der Waals surface area contributed by atoms with Crippen LogP contribution in [0.2, 0.25) is 0 Å². The van der Waals surface area contributed by atoms with Crippen LogP contribution in [0.15, 0.2) is 30.5 Å². The molecule has 12 heteroatoms. The number of carbonyl (C=O) groups is 1. The third kappa shape index (κ3) is 4.58. The molecular weight excluding hydrogens is 372 g/mol. The number of halogens is 6. The first-order valence-corrected chi connectivity index (χ1v) is 6.84. The van der Waals surface area contributed by atoms with E-state index >= 15 is 0 Å². The predicted molar refractivity (Wildman–Crippen MR) is 75.8 cm³/mol. The molecule has 1 amide bonds. The third-order valence-corrected chi connectivity index (χ3v) is 2.86. The summed E-state index contributed by atoms with van der Waals surface area (Å²) in [5.41, 5.74) is -1.24. The SMILES string of the molecule is Cn1cc(OC(=O)Nc2ccccc2OC(F)(F)C(F)F)c(C(F)F)n1. The smallest absolute Gasteiger partial charge is 0.426 e. The number of rotatable bonds is 6. The second kappa shape index (κ2) is 7.54. The molecule has 142 valence electrons. The molecule has 1 aromatic heterocycles. The maximum absolute atomic E-state index is 13.0. The summed E-state index contributed by atoms with van der Waals surface area (Å²) >= 11 is 0. The van der Waals surface area contributed by atoms with Gasteiger partial charge in [-0.25, -0.2) is 13.6 Å². The van der Waals surface area contributed by atoms with Crippen molar-refractivity contribution in [2.45, 2.75) is 19.0 Å². The number of nitrogens with one attached hydrogen (secondary N) is 1. The second-order valence-corrected chi connectivity index (χ2v) is 4.83. The van der Waals surface area contributed by atoms with Gasteiger partial charge >= 0.3 is 18.6 Å². The van der Waals surface area contributed by atoms with Crippen molar-refractivity contribution in [2.24, 2.45) is 7.05 Å². The van der Waals surface area contributed by atoms with Crippen molar-refractivity contribution in [3.05, 3.63) is 36.2 Å². The van der Waals surface area contributed by atoms with Gasteiger partial charge in [-0.15, -0.1) is 0 Å². The van der Waals surface area contributed by atoms with E-state index in [-0.39, 0.29) is 0 Å². The summed E-state index contributed by atoms with van der Waals surface area (Å²) in [5, 5.41) is 5.36. The van der Waals surface area contributed by atoms with Gasteiger partial charge in [0.05, 0.1) is 11.9 Å². The molecule has 6 nitrogen and oxygen atoms in total. The Labute approximate surface area is 142 Å². The first-order chi connectivity index (χ1) is 12.1. The highest BCUT2D eigenvalue weighted by Crippen LogP contribution is 2.33. The minimum absolute atomic E-state index is 0.430. The lowest BCUT2D eigenvalue weighted by molar-refractivity contribution is -0.252. The van der Waals surface area contributed by atoms with Gasteiger partial charge in [-0.3, -0.25) is 10.00 Å². The molecule has 0 atom stereocenters. The van der Waals surface area contributed by atoms with Crippen LogP contribution in [0.1, 0.15) is 12.1 Å². The number of aromatic nitrogens is 2. The zero-order valence-electron chi connectivity index (χ0n) is 12.9. The third-order valence-electron chi connectivity index (χ3n) is 2.86. The van der Waals surface area contributed by atoms with Crippen LogP contribution in [0, 0.1) is 0 Å². The summed E-state index contributed by atoms with van der Waals surface area (Å²) < 4.78 is 85.7. The maximum Gasteiger partial charge on any atom is 0.461 e. The van der Waals surface area contributed by atoms with Crippen LogP contribution in [-0.2, 0) is 7.05 Å². The van der Waals surface area contributed by atoms with Crippen LogP contribution in [0.3, 0.4) is 0 Å². The zero-order valence-corrected chi connectivity index (χ0v) is 12.9. The molecule has 2 aromatic rings. The number of carbonyl (C=O) groups excluding carboxylic acids is 1. The zero-order chi connectivity index (χ0) is 19.5. The number of amides is 1. The standard InChI is InChI=1S/C14H11F6N3O3/c1-23-6-9(10(22-23)11(15)16)25-13(24)21-7-4-2-3-5-8(7)26-14(19,20)12(17)18/h2-6,11-12H,1H3,(H,21,24). The Morgan fingerprint density at radius 3 is 2.46 bits per heavy atom. The van der Waals surface area contributed by atoms with E-state index in [2.05, 4.69) is 14.6 Å². The summed E-state index contributed by atoms with van der Waals surface area (Å²) in [6.07, 6.45) is -12.3. The number of hydrogen-bond donors (Lipinski definition) is 1. The lowest BCUT2D eigenvalue weighted by Gasteiger charge is -2.19. The monoisotopic (exact) mass is 383 g/mol. The number of aryl methyl sites for hydroxylation is 1. The number of anilines is 1. The average molecular weight is 383 g/mol. The molecule has 0 saturated carbocycles. The van der Waals surface area contributed by atoms with Gasteiger partial charge < -0.3 is 9.47 Å². The van der Waals surface area contributed by atoms with Crippen molar-refractivity contribution in [3.8, 4) is 11.5 Å². The summed E-state index contributed by atoms with van der Waals surface area (Å²) in [4.78, 5) is 11.8. The minimum Gasteiger partial charge on any atom is -0.426 e. The van der Waals surface area contributed by atoms with Gasteiger partial charge in [0.25, 0.3) is 6.43 Å². The molecule has 1 N–H and O–H groups in total. The first-order valence-electron chi connectivity index (χ1n) is 6.84. The molecule has 0 bridgehead atoms. The fourth-order valence-corrected chi connectivity index (χ4v) is 1.80. The Balaban J connectivity index is 2.15. The topological polar surface area (TPSA) is 65.4 Å². The number of nitrogens with zero attached hydrogens (tertiary/aromatic N) is 2. The van der Waals surface area contributed by atoms with Gasteiger partial charge in [0, 0.05) is 7.05 Å². The number of hydrogen-bond acceptors (Lipinski definition) is 4. The molecule has 0 fully saturated rings. The van der Waals surface area contributed by atoms with Crippen molar-refractivity contribution >= 4 is 11.8 Å². The van der Waals surface area contributed by atoms with E-state index in [9.17, 15) is 31.1 Å². The predicted octanol–water partition coefficient (Wildman–Crippen LogP) is 4.21. The van der Waals surface area contributed by atoms with Crippen LogP contribution in [-0.4, -0.2) is 28.4 Å². The summed E-state index contributed by atoms with van der Waals surface area (Å²) in [6, 6.07) is 4.46. The fourth-order valence-electron chi connectivity index (χ4n) is 1.80. The van der Waals surface area contributed by atoms with Gasteiger partial charge in [0.15, 0.2) is 11.4 Å². The van der Waals surface area contributed by atoms with E-state index < -0.39 is 47.9 Å². The van der Waals surface area contributed by atoms with Crippen LogP contribution in [0.5, 0.6) is 11.5 Å². The lowest BCUT2D eigenvalue weighted by Crippen LogP contribution is -2.33.